The van der Waals surface area contributed by atoms with Crippen LogP contribution in [0.5, 0.6) is 0 Å². The number of hydrogen-bond acceptors (Lipinski definition) is 6. The van der Waals surface area contributed by atoms with E-state index in [4.69, 9.17) is 4.74 Å². The molecule has 0 saturated carbocycles. The second-order valence-electron chi connectivity index (χ2n) is 7.68. The Bertz CT molecular complexity index is 886. The Balaban J connectivity index is 1.92. The van der Waals surface area contributed by atoms with Crippen molar-refractivity contribution in [3.8, 4) is 6.07 Å². The summed E-state index contributed by atoms with van der Waals surface area (Å²) in [4.78, 5) is 20.9. The first-order valence-corrected chi connectivity index (χ1v) is 10.3. The van der Waals surface area contributed by atoms with Crippen LogP contribution in [-0.2, 0) is 11.2 Å². The number of ether oxygens (including phenoxy) is 1. The number of hydrogen-bond donors (Lipinski definition) is 1. The van der Waals surface area contributed by atoms with Crippen LogP contribution in [0.4, 0.5) is 4.79 Å². The van der Waals surface area contributed by atoms with Gasteiger partial charge in [-0.2, -0.15) is 10.4 Å². The molecule has 164 valence electrons. The van der Waals surface area contributed by atoms with Crippen LogP contribution >= 0.6 is 0 Å². The predicted molar refractivity (Wildman–Crippen MR) is 116 cm³/mol. The predicted octanol–water partition coefficient (Wildman–Crippen LogP) is 1.76. The number of nitrogens with zero attached hydrogens (tertiary/aromatic N) is 6. The average molecular weight is 416 g/mol. The largest absolute Gasteiger partial charge is 0.383 e. The quantitative estimate of drug-likeness (QED) is 0.562. The zero-order valence-electron chi connectivity index (χ0n) is 18.7. The highest BCUT2D eigenvalue weighted by atomic mass is 16.5. The summed E-state index contributed by atoms with van der Waals surface area (Å²) in [5.74, 6) is 0. The Morgan fingerprint density at radius 1 is 1.27 bits per heavy atom. The van der Waals surface area contributed by atoms with Crippen molar-refractivity contribution in [2.75, 3.05) is 54.0 Å². The van der Waals surface area contributed by atoms with E-state index in [1.807, 2.05) is 34.0 Å². The number of fused-ring (bicyclic) bond motifs is 1. The van der Waals surface area contributed by atoms with E-state index < -0.39 is 0 Å². The Hall–Kier alpha value is -2.70. The highest BCUT2D eigenvalue weighted by Gasteiger charge is 2.16. The van der Waals surface area contributed by atoms with Gasteiger partial charge in [0.25, 0.3) is 0 Å². The van der Waals surface area contributed by atoms with Crippen LogP contribution in [0, 0.1) is 25.2 Å². The normalized spacial score (nSPS) is 11.1. The minimum atomic E-state index is -0.0885. The molecular formula is C21H33N7O2. The van der Waals surface area contributed by atoms with Crippen molar-refractivity contribution in [1.29, 1.82) is 5.26 Å². The number of rotatable bonds is 11. The maximum Gasteiger partial charge on any atom is 0.317 e. The zero-order chi connectivity index (χ0) is 22.1. The molecule has 0 unspecified atom stereocenters. The molecule has 1 N–H and O–H groups in total. The van der Waals surface area contributed by atoms with Crippen LogP contribution < -0.4 is 5.32 Å². The van der Waals surface area contributed by atoms with Gasteiger partial charge in [0.1, 0.15) is 11.6 Å². The molecule has 9 nitrogen and oxygen atoms in total. The van der Waals surface area contributed by atoms with Gasteiger partial charge in [0.15, 0.2) is 5.65 Å². The summed E-state index contributed by atoms with van der Waals surface area (Å²) in [5.41, 5.74) is 3.63. The molecule has 0 spiro atoms. The fourth-order valence-electron chi connectivity index (χ4n) is 3.31. The zero-order valence-corrected chi connectivity index (χ0v) is 18.7. The number of aromatic nitrogens is 3. The van der Waals surface area contributed by atoms with E-state index in [2.05, 4.69) is 26.4 Å². The Kier molecular flexibility index (Phi) is 9.02. The molecule has 2 amide bonds. The maximum atomic E-state index is 12.5. The topological polar surface area (TPSA) is 98.8 Å². The number of aryl methyl sites for hydroxylation is 3. The molecule has 0 aliphatic rings. The van der Waals surface area contributed by atoms with Crippen LogP contribution in [0.2, 0.25) is 0 Å². The van der Waals surface area contributed by atoms with Gasteiger partial charge in [-0.3, -0.25) is 0 Å². The molecule has 0 fully saturated rings. The summed E-state index contributed by atoms with van der Waals surface area (Å²) in [6.45, 7) is 7.05. The second kappa shape index (κ2) is 11.5. The number of nitrogens with one attached hydrogen (secondary N) is 1. The number of amides is 2. The monoisotopic (exact) mass is 415 g/mol. The average Bonchev–Trinajstić information content (AvgIpc) is 3.05. The van der Waals surface area contributed by atoms with Gasteiger partial charge in [0, 0.05) is 38.1 Å². The SMILES string of the molecule is COCCN(CCCN(C)C)C(=O)NCCCc1nn2c(C)cc(C)nc2c1C#N. The molecule has 2 heterocycles. The maximum absolute atomic E-state index is 12.5. The Morgan fingerprint density at radius 2 is 2.03 bits per heavy atom. The lowest BCUT2D eigenvalue weighted by Gasteiger charge is -2.23. The van der Waals surface area contributed by atoms with Gasteiger partial charge in [-0.25, -0.2) is 14.3 Å². The number of nitriles is 1. The van der Waals surface area contributed by atoms with Gasteiger partial charge >= 0.3 is 6.03 Å². The molecule has 0 aromatic carbocycles. The van der Waals surface area contributed by atoms with Crippen LogP contribution in [0.15, 0.2) is 6.07 Å². The highest BCUT2D eigenvalue weighted by Crippen LogP contribution is 2.17. The summed E-state index contributed by atoms with van der Waals surface area (Å²) in [7, 11) is 5.68. The van der Waals surface area contributed by atoms with Crippen molar-refractivity contribution >= 4 is 11.7 Å². The fourth-order valence-corrected chi connectivity index (χ4v) is 3.31. The molecule has 2 rings (SSSR count). The van der Waals surface area contributed by atoms with Gasteiger partial charge in [-0.15, -0.1) is 0 Å². The van der Waals surface area contributed by atoms with Crippen molar-refractivity contribution in [1.82, 2.24) is 29.7 Å². The summed E-state index contributed by atoms with van der Waals surface area (Å²) in [6.07, 6.45) is 2.20. The molecule has 2 aromatic rings. The number of carbonyl (C=O) groups excluding carboxylic acids is 1. The van der Waals surface area contributed by atoms with E-state index >= 15 is 0 Å². The number of methoxy groups -OCH3 is 1. The van der Waals surface area contributed by atoms with E-state index in [1.165, 1.54) is 0 Å². The standard InChI is InChI=1S/C21H33N7O2/c1-16-14-17(2)28-20(24-16)18(15-22)19(25-28)8-6-9-23-21(29)27(12-13-30-5)11-7-10-26(3)4/h14H,6-13H2,1-5H3,(H,23,29). The summed E-state index contributed by atoms with van der Waals surface area (Å²) in [5, 5.41) is 17.1. The van der Waals surface area contributed by atoms with Gasteiger partial charge in [-0.1, -0.05) is 0 Å². The molecule has 2 aromatic heterocycles. The minimum absolute atomic E-state index is 0.0885. The Morgan fingerprint density at radius 3 is 2.70 bits per heavy atom. The van der Waals surface area contributed by atoms with Gasteiger partial charge in [0.2, 0.25) is 0 Å². The first-order valence-electron chi connectivity index (χ1n) is 10.3. The van der Waals surface area contributed by atoms with Crippen molar-refractivity contribution in [3.05, 3.63) is 28.7 Å². The lowest BCUT2D eigenvalue weighted by Crippen LogP contribution is -2.43. The van der Waals surface area contributed by atoms with Crippen molar-refractivity contribution in [2.45, 2.75) is 33.1 Å². The van der Waals surface area contributed by atoms with Gasteiger partial charge < -0.3 is 19.9 Å². The minimum Gasteiger partial charge on any atom is -0.383 e. The first kappa shape index (κ1) is 23.6. The second-order valence-corrected chi connectivity index (χ2v) is 7.68. The third-order valence-electron chi connectivity index (χ3n) is 4.83. The van der Waals surface area contributed by atoms with Crippen LogP contribution in [0.25, 0.3) is 5.65 Å². The fraction of sp³-hybridized carbons (Fsp3) is 0.619. The van der Waals surface area contributed by atoms with E-state index in [0.717, 1.165) is 30.0 Å². The van der Waals surface area contributed by atoms with Crippen LogP contribution in [0.3, 0.4) is 0 Å². The molecule has 0 aliphatic carbocycles. The number of carbonyl (C=O) groups is 1. The van der Waals surface area contributed by atoms with Crippen molar-refractivity contribution in [3.63, 3.8) is 0 Å². The van der Waals surface area contributed by atoms with Crippen molar-refractivity contribution < 1.29 is 9.53 Å². The third kappa shape index (κ3) is 6.40. The van der Waals surface area contributed by atoms with E-state index in [9.17, 15) is 10.1 Å². The van der Waals surface area contributed by atoms with Gasteiger partial charge in [-0.05, 0) is 59.8 Å². The van der Waals surface area contributed by atoms with Crippen LogP contribution in [-0.4, -0.2) is 84.4 Å². The molecule has 0 bridgehead atoms. The molecule has 0 saturated heterocycles. The highest BCUT2D eigenvalue weighted by molar-refractivity contribution is 5.74. The number of urea groups is 1. The molecule has 0 radical (unpaired) electrons. The molecule has 9 heteroatoms. The van der Waals surface area contributed by atoms with E-state index in [0.29, 0.717) is 50.3 Å². The summed E-state index contributed by atoms with van der Waals surface area (Å²) < 4.78 is 6.85. The molecule has 0 atom stereocenters. The molecular weight excluding hydrogens is 382 g/mol. The van der Waals surface area contributed by atoms with E-state index in [-0.39, 0.29) is 6.03 Å². The van der Waals surface area contributed by atoms with Gasteiger partial charge in [0.05, 0.1) is 12.3 Å². The summed E-state index contributed by atoms with van der Waals surface area (Å²) in [6, 6.07) is 4.09. The van der Waals surface area contributed by atoms with E-state index in [1.54, 1.807) is 16.5 Å². The lowest BCUT2D eigenvalue weighted by molar-refractivity contribution is 0.147. The van der Waals surface area contributed by atoms with Crippen molar-refractivity contribution in [2.24, 2.45) is 0 Å². The lowest BCUT2D eigenvalue weighted by atomic mass is 10.1. The Labute approximate surface area is 178 Å². The van der Waals surface area contributed by atoms with Crippen LogP contribution in [0.1, 0.15) is 35.5 Å². The summed E-state index contributed by atoms with van der Waals surface area (Å²) >= 11 is 0. The third-order valence-corrected chi connectivity index (χ3v) is 4.83. The molecule has 30 heavy (non-hydrogen) atoms. The first-order chi connectivity index (χ1) is 14.4. The molecule has 0 aliphatic heterocycles. The smallest absolute Gasteiger partial charge is 0.317 e.